The van der Waals surface area contributed by atoms with Gasteiger partial charge in [0.2, 0.25) is 11.7 Å². The van der Waals surface area contributed by atoms with Crippen LogP contribution in [0.5, 0.6) is 0 Å². The Morgan fingerprint density at radius 3 is 2.62 bits per heavy atom. The van der Waals surface area contributed by atoms with Crippen molar-refractivity contribution < 1.29 is 12.9 Å². The van der Waals surface area contributed by atoms with E-state index in [1.165, 1.54) is 18.0 Å². The summed E-state index contributed by atoms with van der Waals surface area (Å²) in [6, 6.07) is 7.16. The standard InChI is InChI=1S/C13H15ClN2O3S2/c1-9(20-7-8-21(2,17)18)13-15-12(16-19-13)10-3-5-11(14)6-4-10/h3-6,9H,7-8H2,1-2H3/t9-/m1/s1. The van der Waals surface area contributed by atoms with Crippen LogP contribution in [-0.4, -0.2) is 36.3 Å². The van der Waals surface area contributed by atoms with Crippen LogP contribution in [-0.2, 0) is 9.84 Å². The molecule has 1 atom stereocenters. The molecule has 0 radical (unpaired) electrons. The maximum absolute atomic E-state index is 11.1. The van der Waals surface area contributed by atoms with Gasteiger partial charge in [0.05, 0.1) is 11.0 Å². The number of nitrogens with zero attached hydrogens (tertiary/aromatic N) is 2. The van der Waals surface area contributed by atoms with Gasteiger partial charge in [-0.1, -0.05) is 16.8 Å². The van der Waals surface area contributed by atoms with Crippen molar-refractivity contribution in [3.63, 3.8) is 0 Å². The van der Waals surface area contributed by atoms with Gasteiger partial charge in [-0.05, 0) is 31.2 Å². The molecule has 0 saturated carbocycles. The minimum Gasteiger partial charge on any atom is -0.338 e. The molecule has 0 N–H and O–H groups in total. The predicted octanol–water partition coefficient (Wildman–Crippen LogP) is 3.23. The van der Waals surface area contributed by atoms with Gasteiger partial charge in [-0.25, -0.2) is 8.42 Å². The minimum absolute atomic E-state index is 0.0553. The third kappa shape index (κ3) is 5.01. The lowest BCUT2D eigenvalue weighted by atomic mass is 10.2. The first-order valence-corrected chi connectivity index (χ1v) is 9.73. The van der Waals surface area contributed by atoms with Gasteiger partial charge in [0.25, 0.3) is 0 Å². The second-order valence-corrected chi connectivity index (χ2v) is 8.75. The van der Waals surface area contributed by atoms with Crippen LogP contribution >= 0.6 is 23.4 Å². The molecule has 2 rings (SSSR count). The third-order valence-electron chi connectivity index (χ3n) is 2.71. The molecular formula is C13H15ClN2O3S2. The van der Waals surface area contributed by atoms with Crippen LogP contribution in [0.3, 0.4) is 0 Å². The molecule has 0 unspecified atom stereocenters. The lowest BCUT2D eigenvalue weighted by Gasteiger charge is -2.04. The Balaban J connectivity index is 2.00. The molecule has 1 aromatic heterocycles. The van der Waals surface area contributed by atoms with Gasteiger partial charge in [0.1, 0.15) is 9.84 Å². The highest BCUT2D eigenvalue weighted by Gasteiger charge is 2.16. The number of halogens is 1. The van der Waals surface area contributed by atoms with Crippen molar-refractivity contribution >= 4 is 33.2 Å². The highest BCUT2D eigenvalue weighted by atomic mass is 35.5. The smallest absolute Gasteiger partial charge is 0.239 e. The highest BCUT2D eigenvalue weighted by molar-refractivity contribution is 8.00. The van der Waals surface area contributed by atoms with Crippen molar-refractivity contribution in [1.29, 1.82) is 0 Å². The van der Waals surface area contributed by atoms with Crippen LogP contribution < -0.4 is 0 Å². The van der Waals surface area contributed by atoms with Crippen LogP contribution in [0, 0.1) is 0 Å². The average molecular weight is 347 g/mol. The van der Waals surface area contributed by atoms with Gasteiger partial charge in [-0.15, -0.1) is 11.8 Å². The lowest BCUT2D eigenvalue weighted by Crippen LogP contribution is -2.06. The summed E-state index contributed by atoms with van der Waals surface area (Å²) >= 11 is 7.30. The van der Waals surface area contributed by atoms with Gasteiger partial charge >= 0.3 is 0 Å². The summed E-state index contributed by atoms with van der Waals surface area (Å²) in [5.74, 6) is 1.62. The Kier molecular flexibility index (Phi) is 5.29. The summed E-state index contributed by atoms with van der Waals surface area (Å²) < 4.78 is 27.4. The minimum atomic E-state index is -2.94. The first kappa shape index (κ1) is 16.3. The van der Waals surface area contributed by atoms with E-state index in [0.29, 0.717) is 22.5 Å². The fourth-order valence-corrected chi connectivity index (χ4v) is 3.88. The first-order valence-electron chi connectivity index (χ1n) is 6.24. The van der Waals surface area contributed by atoms with E-state index in [1.807, 2.05) is 19.1 Å². The number of thioether (sulfide) groups is 1. The van der Waals surface area contributed by atoms with Crippen molar-refractivity contribution in [2.24, 2.45) is 0 Å². The lowest BCUT2D eigenvalue weighted by molar-refractivity contribution is 0.381. The second kappa shape index (κ2) is 6.81. The van der Waals surface area contributed by atoms with E-state index in [4.69, 9.17) is 16.1 Å². The molecule has 1 aromatic carbocycles. The Morgan fingerprint density at radius 1 is 1.33 bits per heavy atom. The molecule has 0 bridgehead atoms. The van der Waals surface area contributed by atoms with Crippen molar-refractivity contribution in [3.05, 3.63) is 35.2 Å². The van der Waals surface area contributed by atoms with Crippen molar-refractivity contribution in [2.45, 2.75) is 12.2 Å². The average Bonchev–Trinajstić information content (AvgIpc) is 2.87. The number of benzene rings is 1. The van der Waals surface area contributed by atoms with Gasteiger partial charge in [0, 0.05) is 22.6 Å². The normalized spacial score (nSPS) is 13.3. The molecule has 5 nitrogen and oxygen atoms in total. The molecule has 1 heterocycles. The third-order valence-corrected chi connectivity index (χ3v) is 5.31. The Hall–Kier alpha value is -1.05. The zero-order chi connectivity index (χ0) is 15.5. The molecule has 0 aliphatic carbocycles. The Bertz CT molecular complexity index is 698. The Labute approximate surface area is 133 Å². The summed E-state index contributed by atoms with van der Waals surface area (Å²) in [5.41, 5.74) is 0.822. The molecule has 21 heavy (non-hydrogen) atoms. The highest BCUT2D eigenvalue weighted by Crippen LogP contribution is 2.28. The van der Waals surface area contributed by atoms with Crippen LogP contribution in [0.2, 0.25) is 5.02 Å². The van der Waals surface area contributed by atoms with Gasteiger partial charge in [0.15, 0.2) is 0 Å². The maximum Gasteiger partial charge on any atom is 0.239 e. The van der Waals surface area contributed by atoms with Crippen molar-refractivity contribution in [1.82, 2.24) is 10.1 Å². The van der Waals surface area contributed by atoms with E-state index in [0.717, 1.165) is 5.56 Å². The number of rotatable bonds is 6. The van der Waals surface area contributed by atoms with Crippen molar-refractivity contribution in [3.8, 4) is 11.4 Å². The zero-order valence-corrected chi connectivity index (χ0v) is 14.0. The van der Waals surface area contributed by atoms with Gasteiger partial charge < -0.3 is 4.52 Å². The summed E-state index contributed by atoms with van der Waals surface area (Å²) in [5, 5.41) is 4.52. The van der Waals surface area contributed by atoms with E-state index in [9.17, 15) is 8.42 Å². The van der Waals surface area contributed by atoms with E-state index < -0.39 is 9.84 Å². The largest absolute Gasteiger partial charge is 0.338 e. The topological polar surface area (TPSA) is 73.1 Å². The predicted molar refractivity (Wildman–Crippen MR) is 85.3 cm³/mol. The molecule has 0 fully saturated rings. The van der Waals surface area contributed by atoms with E-state index in [2.05, 4.69) is 10.1 Å². The molecule has 0 saturated heterocycles. The zero-order valence-electron chi connectivity index (χ0n) is 11.6. The molecule has 114 valence electrons. The molecule has 8 heteroatoms. The fraction of sp³-hybridized carbons (Fsp3) is 0.385. The molecule has 0 amide bonds. The second-order valence-electron chi connectivity index (χ2n) is 4.61. The van der Waals surface area contributed by atoms with E-state index >= 15 is 0 Å². The molecular weight excluding hydrogens is 332 g/mol. The monoisotopic (exact) mass is 346 g/mol. The molecule has 0 aliphatic rings. The summed E-state index contributed by atoms with van der Waals surface area (Å²) in [4.78, 5) is 4.33. The van der Waals surface area contributed by atoms with E-state index in [-0.39, 0.29) is 11.0 Å². The van der Waals surface area contributed by atoms with Crippen LogP contribution in [0.1, 0.15) is 18.1 Å². The van der Waals surface area contributed by atoms with Gasteiger partial charge in [-0.2, -0.15) is 4.98 Å². The Morgan fingerprint density at radius 2 is 2.00 bits per heavy atom. The van der Waals surface area contributed by atoms with Crippen LogP contribution in [0.4, 0.5) is 0 Å². The van der Waals surface area contributed by atoms with Crippen molar-refractivity contribution in [2.75, 3.05) is 17.8 Å². The number of hydrogen-bond acceptors (Lipinski definition) is 6. The summed E-state index contributed by atoms with van der Waals surface area (Å²) in [6.07, 6.45) is 1.23. The van der Waals surface area contributed by atoms with Crippen LogP contribution in [0.25, 0.3) is 11.4 Å². The first-order chi connectivity index (χ1) is 9.85. The number of hydrogen-bond donors (Lipinski definition) is 0. The SMILES string of the molecule is C[C@@H](SCCS(C)(=O)=O)c1nc(-c2ccc(Cl)cc2)no1. The summed E-state index contributed by atoms with van der Waals surface area (Å²) in [6.45, 7) is 1.91. The number of aromatic nitrogens is 2. The quantitative estimate of drug-likeness (QED) is 0.799. The molecule has 0 spiro atoms. The maximum atomic E-state index is 11.1. The molecule has 0 aliphatic heterocycles. The van der Waals surface area contributed by atoms with Gasteiger partial charge in [-0.3, -0.25) is 0 Å². The number of sulfone groups is 1. The van der Waals surface area contributed by atoms with E-state index in [1.54, 1.807) is 12.1 Å². The van der Waals surface area contributed by atoms with Crippen LogP contribution in [0.15, 0.2) is 28.8 Å². The summed E-state index contributed by atoms with van der Waals surface area (Å²) in [7, 11) is -2.94. The fourth-order valence-electron chi connectivity index (χ4n) is 1.56. The molecule has 2 aromatic rings.